The SMILES string of the molecule is CCCC1=Cc2c(-c3cccc4ccccc34)cccc2[CH]1[Zr]([c]1cc(C(C)(C)C)cc2c1Cc1ccc(C(C)(C)C)cc1-2)[SiH](c1ccccc1)c1ccccc1. The molecule has 0 bridgehead atoms. The van der Waals surface area contributed by atoms with Gasteiger partial charge in [-0.1, -0.05) is 0 Å². The molecule has 7 aromatic rings. The quantitative estimate of drug-likeness (QED) is 0.134. The molecule has 2 heteroatoms. The summed E-state index contributed by atoms with van der Waals surface area (Å²) >= 11 is -2.89. The van der Waals surface area contributed by atoms with Crippen molar-refractivity contribution in [2.75, 3.05) is 0 Å². The van der Waals surface area contributed by atoms with E-state index < -0.39 is 26.8 Å². The van der Waals surface area contributed by atoms with Crippen LogP contribution in [0.3, 0.4) is 0 Å². The number of benzene rings is 7. The van der Waals surface area contributed by atoms with Gasteiger partial charge in [-0.05, 0) is 0 Å². The summed E-state index contributed by atoms with van der Waals surface area (Å²) in [4.78, 5) is 0. The van der Waals surface area contributed by atoms with Gasteiger partial charge in [-0.25, -0.2) is 0 Å². The molecule has 0 nitrogen and oxygen atoms in total. The van der Waals surface area contributed by atoms with Crippen LogP contribution in [-0.4, -0.2) is 5.92 Å². The molecule has 1 unspecified atom stereocenters. The molecular formula is C55H55SiZr. The normalized spacial score (nSPS) is 14.7. The molecule has 0 saturated heterocycles. The van der Waals surface area contributed by atoms with E-state index in [9.17, 15) is 0 Å². The molecule has 283 valence electrons. The Morgan fingerprint density at radius 3 is 1.88 bits per heavy atom. The molecule has 2 aliphatic carbocycles. The molecule has 0 heterocycles. The fraction of sp³-hybridized carbons (Fsp3) is 0.236. The van der Waals surface area contributed by atoms with Gasteiger partial charge in [0.2, 0.25) is 0 Å². The van der Waals surface area contributed by atoms with E-state index in [1.165, 1.54) is 55.3 Å². The molecule has 0 saturated carbocycles. The fourth-order valence-electron chi connectivity index (χ4n) is 9.78. The third kappa shape index (κ3) is 7.02. The predicted molar refractivity (Wildman–Crippen MR) is 246 cm³/mol. The van der Waals surface area contributed by atoms with Gasteiger partial charge in [0, 0.05) is 0 Å². The van der Waals surface area contributed by atoms with E-state index in [0.717, 1.165) is 19.3 Å². The first-order valence-corrected chi connectivity index (χ1v) is 29.7. The van der Waals surface area contributed by atoms with Crippen molar-refractivity contribution in [2.24, 2.45) is 0 Å². The van der Waals surface area contributed by atoms with Crippen molar-refractivity contribution in [3.63, 3.8) is 0 Å². The van der Waals surface area contributed by atoms with Crippen molar-refractivity contribution in [2.45, 2.75) is 82.2 Å². The zero-order valence-corrected chi connectivity index (χ0v) is 38.4. The van der Waals surface area contributed by atoms with Crippen LogP contribution in [0.2, 0.25) is 0 Å². The first-order chi connectivity index (χ1) is 27.5. The van der Waals surface area contributed by atoms with Gasteiger partial charge in [0.25, 0.3) is 0 Å². The van der Waals surface area contributed by atoms with E-state index in [0.29, 0.717) is 3.63 Å². The molecule has 57 heavy (non-hydrogen) atoms. The Morgan fingerprint density at radius 1 is 0.579 bits per heavy atom. The minimum atomic E-state index is -2.89. The van der Waals surface area contributed by atoms with Gasteiger partial charge in [-0.2, -0.15) is 0 Å². The molecule has 7 aromatic carbocycles. The van der Waals surface area contributed by atoms with Crippen LogP contribution < -0.4 is 13.6 Å². The number of hydrogen-bond donors (Lipinski definition) is 0. The molecule has 0 fully saturated rings. The van der Waals surface area contributed by atoms with Crippen LogP contribution in [0.25, 0.3) is 39.1 Å². The second-order valence-corrected chi connectivity index (χ2v) is 33.7. The average molecular weight is 835 g/mol. The second kappa shape index (κ2) is 15.1. The second-order valence-electron chi connectivity index (χ2n) is 18.5. The van der Waals surface area contributed by atoms with Crippen molar-refractivity contribution in [3.8, 4) is 22.3 Å². The first-order valence-electron chi connectivity index (χ1n) is 21.1. The molecule has 2 aliphatic rings. The molecular weight excluding hydrogens is 780 g/mol. The minimum absolute atomic E-state index is 0.0240. The van der Waals surface area contributed by atoms with E-state index in [1.807, 2.05) is 0 Å². The zero-order valence-electron chi connectivity index (χ0n) is 34.8. The Bertz CT molecular complexity index is 2590. The van der Waals surface area contributed by atoms with E-state index in [1.54, 1.807) is 30.3 Å². The van der Waals surface area contributed by atoms with Crippen LogP contribution in [0.1, 0.15) is 98.3 Å². The summed E-state index contributed by atoms with van der Waals surface area (Å²) in [5, 5.41) is 5.85. The molecule has 0 spiro atoms. The first kappa shape index (κ1) is 38.2. The van der Waals surface area contributed by atoms with Crippen molar-refractivity contribution < 1.29 is 20.9 Å². The third-order valence-corrected chi connectivity index (χ3v) is 34.6. The molecule has 0 N–H and O–H groups in total. The Labute approximate surface area is 350 Å². The number of hydrogen-bond acceptors (Lipinski definition) is 0. The average Bonchev–Trinajstić information content (AvgIpc) is 3.77. The maximum atomic E-state index is 2.77. The Kier molecular flexibility index (Phi) is 10.1. The van der Waals surface area contributed by atoms with Gasteiger partial charge >= 0.3 is 352 Å². The van der Waals surface area contributed by atoms with Gasteiger partial charge < -0.3 is 0 Å². The predicted octanol–water partition coefficient (Wildman–Crippen LogP) is 12.4. The molecule has 9 rings (SSSR count). The van der Waals surface area contributed by atoms with Crippen LogP contribution in [-0.2, 0) is 38.2 Å². The third-order valence-electron chi connectivity index (χ3n) is 12.7. The van der Waals surface area contributed by atoms with Gasteiger partial charge in [-0.3, -0.25) is 0 Å². The summed E-state index contributed by atoms with van der Waals surface area (Å²) in [6.07, 6.45) is 6.01. The Hall–Kier alpha value is -4.36. The van der Waals surface area contributed by atoms with Crippen molar-refractivity contribution >= 4 is 36.4 Å². The van der Waals surface area contributed by atoms with E-state index in [4.69, 9.17) is 0 Å². The van der Waals surface area contributed by atoms with Gasteiger partial charge in [0.1, 0.15) is 0 Å². The topological polar surface area (TPSA) is 0 Å². The molecule has 0 aromatic heterocycles. The van der Waals surface area contributed by atoms with Gasteiger partial charge in [-0.15, -0.1) is 0 Å². The number of fused-ring (bicyclic) bond motifs is 5. The summed E-state index contributed by atoms with van der Waals surface area (Å²) < 4.78 is 2.23. The van der Waals surface area contributed by atoms with Gasteiger partial charge in [0.05, 0.1) is 0 Å². The standard InChI is InChI=1S/C22H19.C21H25.C12H11Si.Zr/c1-2-7-16-14-18-10-6-13-21(22(18)15-16)20-12-5-9-17-8-3-4-11-19(17)20;1-20(2,3)16-9-7-14-11-15-8-10-17(21(4,5)6)13-19(15)18(14)12-16;1-3-7-11(8-4-1)13-12-9-5-2-6-10-12;/h3-6,8-15H,2,7H2,1H3;7,9-10,12-13H,11H2,1-6H3;1-10,13H;. The summed E-state index contributed by atoms with van der Waals surface area (Å²) in [7, 11) is 0. The Morgan fingerprint density at radius 2 is 1.19 bits per heavy atom. The van der Waals surface area contributed by atoms with E-state index >= 15 is 0 Å². The summed E-state index contributed by atoms with van der Waals surface area (Å²) in [6.45, 7) is 16.7. The monoisotopic (exact) mass is 833 g/mol. The number of rotatable bonds is 8. The van der Waals surface area contributed by atoms with Crippen molar-refractivity contribution in [3.05, 3.63) is 191 Å². The molecule has 1 atom stereocenters. The Balaban J connectivity index is 1.36. The molecule has 0 radical (unpaired) electrons. The summed E-state index contributed by atoms with van der Waals surface area (Å²) in [6, 6.07) is 59.6. The van der Waals surface area contributed by atoms with Crippen LogP contribution in [0.5, 0.6) is 0 Å². The van der Waals surface area contributed by atoms with Crippen LogP contribution in [0, 0.1) is 0 Å². The van der Waals surface area contributed by atoms with Crippen molar-refractivity contribution in [1.29, 1.82) is 0 Å². The van der Waals surface area contributed by atoms with E-state index in [-0.39, 0.29) is 10.8 Å². The number of allylic oxidation sites excluding steroid dienone is 1. The van der Waals surface area contributed by atoms with Gasteiger partial charge in [0.15, 0.2) is 0 Å². The van der Waals surface area contributed by atoms with Crippen LogP contribution in [0.15, 0.2) is 157 Å². The molecule has 0 amide bonds. The summed E-state index contributed by atoms with van der Waals surface area (Å²) in [5.41, 5.74) is 16.6. The maximum absolute atomic E-state index is 2.89. The van der Waals surface area contributed by atoms with Crippen LogP contribution >= 0.6 is 0 Å². The molecule has 0 aliphatic heterocycles. The van der Waals surface area contributed by atoms with Crippen molar-refractivity contribution in [1.82, 2.24) is 0 Å². The van der Waals surface area contributed by atoms with Crippen LogP contribution in [0.4, 0.5) is 0 Å². The zero-order chi connectivity index (χ0) is 39.5. The summed E-state index contributed by atoms with van der Waals surface area (Å²) in [5.74, 6) is -1.79. The fourth-order valence-corrected chi connectivity index (χ4v) is 35.4. The van der Waals surface area contributed by atoms with E-state index in [2.05, 4.69) is 206 Å².